The minimum absolute atomic E-state index is 0.164. The number of oxazole rings is 1. The van der Waals surface area contributed by atoms with E-state index in [2.05, 4.69) is 15.6 Å². The fourth-order valence-electron chi connectivity index (χ4n) is 2.55. The van der Waals surface area contributed by atoms with E-state index < -0.39 is 12.2 Å². The second-order valence-electron chi connectivity index (χ2n) is 5.36. The van der Waals surface area contributed by atoms with Crippen LogP contribution in [0.3, 0.4) is 0 Å². The standard InChI is InChI=1S/C15H18FN3O2/c1-9-3-2-4-12-14(9)19-13(21-12)5-6-17-15(20)11-7-10(16)8-18-11/h2-4,10-11,18H,5-8H2,1H3,(H,17,20)/t10-,11+/m0/s1. The van der Waals surface area contributed by atoms with Gasteiger partial charge in [0.1, 0.15) is 11.7 Å². The SMILES string of the molecule is Cc1cccc2oc(CCNC(=O)[C@H]3C[C@H](F)CN3)nc12. The number of para-hydroxylation sites is 1. The van der Waals surface area contributed by atoms with Gasteiger partial charge in [-0.15, -0.1) is 0 Å². The summed E-state index contributed by atoms with van der Waals surface area (Å²) in [6.07, 6.45) is -0.166. The lowest BCUT2D eigenvalue weighted by Crippen LogP contribution is -2.41. The van der Waals surface area contributed by atoms with Crippen molar-refractivity contribution < 1.29 is 13.6 Å². The third kappa shape index (κ3) is 3.05. The molecule has 0 spiro atoms. The summed E-state index contributed by atoms with van der Waals surface area (Å²) in [6, 6.07) is 5.36. The van der Waals surface area contributed by atoms with Crippen LogP contribution >= 0.6 is 0 Å². The Morgan fingerprint density at radius 2 is 2.43 bits per heavy atom. The second-order valence-corrected chi connectivity index (χ2v) is 5.36. The van der Waals surface area contributed by atoms with E-state index in [1.807, 2.05) is 25.1 Å². The van der Waals surface area contributed by atoms with E-state index in [0.717, 1.165) is 16.7 Å². The zero-order chi connectivity index (χ0) is 14.8. The summed E-state index contributed by atoms with van der Waals surface area (Å²) in [5, 5.41) is 5.64. The third-order valence-electron chi connectivity index (χ3n) is 3.70. The number of nitrogens with one attached hydrogen (secondary N) is 2. The molecule has 2 atom stereocenters. The smallest absolute Gasteiger partial charge is 0.237 e. The maximum absolute atomic E-state index is 13.0. The number of rotatable bonds is 4. The molecule has 0 bridgehead atoms. The average Bonchev–Trinajstić information content (AvgIpc) is 3.05. The number of aryl methyl sites for hydroxylation is 1. The van der Waals surface area contributed by atoms with Crippen molar-refractivity contribution in [2.45, 2.75) is 32.0 Å². The molecule has 0 saturated carbocycles. The molecule has 5 nitrogen and oxygen atoms in total. The van der Waals surface area contributed by atoms with Crippen LogP contribution in [0.25, 0.3) is 11.1 Å². The first-order valence-electron chi connectivity index (χ1n) is 7.13. The van der Waals surface area contributed by atoms with E-state index in [1.165, 1.54) is 0 Å². The minimum atomic E-state index is -0.930. The molecule has 21 heavy (non-hydrogen) atoms. The second kappa shape index (κ2) is 5.81. The van der Waals surface area contributed by atoms with Gasteiger partial charge in [-0.3, -0.25) is 4.79 Å². The summed E-state index contributed by atoms with van der Waals surface area (Å²) in [7, 11) is 0. The molecule has 1 amide bonds. The number of fused-ring (bicyclic) bond motifs is 1. The van der Waals surface area contributed by atoms with E-state index in [0.29, 0.717) is 18.9 Å². The van der Waals surface area contributed by atoms with Crippen LogP contribution in [0, 0.1) is 6.92 Å². The Balaban J connectivity index is 1.54. The van der Waals surface area contributed by atoms with Gasteiger partial charge in [-0.25, -0.2) is 9.37 Å². The first kappa shape index (κ1) is 14.0. The Kier molecular flexibility index (Phi) is 3.88. The fraction of sp³-hybridized carbons (Fsp3) is 0.467. The van der Waals surface area contributed by atoms with E-state index >= 15 is 0 Å². The predicted octanol–water partition coefficient (Wildman–Crippen LogP) is 1.49. The zero-order valence-corrected chi connectivity index (χ0v) is 11.9. The Bertz CT molecular complexity index is 655. The van der Waals surface area contributed by atoms with Crippen molar-refractivity contribution in [3.05, 3.63) is 29.7 Å². The molecule has 2 N–H and O–H groups in total. The third-order valence-corrected chi connectivity index (χ3v) is 3.70. The molecule has 1 aromatic carbocycles. The molecule has 6 heteroatoms. The van der Waals surface area contributed by atoms with Crippen molar-refractivity contribution in [3.63, 3.8) is 0 Å². The van der Waals surface area contributed by atoms with Crippen LogP contribution < -0.4 is 10.6 Å². The zero-order valence-electron chi connectivity index (χ0n) is 11.9. The molecule has 2 aromatic rings. The summed E-state index contributed by atoms with van der Waals surface area (Å²) >= 11 is 0. The van der Waals surface area contributed by atoms with Gasteiger partial charge in [-0.1, -0.05) is 12.1 Å². The number of carbonyl (C=O) groups is 1. The largest absolute Gasteiger partial charge is 0.441 e. The van der Waals surface area contributed by atoms with Crippen LogP contribution in [0.15, 0.2) is 22.6 Å². The van der Waals surface area contributed by atoms with E-state index in [4.69, 9.17) is 4.42 Å². The Labute approximate surface area is 121 Å². The van der Waals surface area contributed by atoms with E-state index in [1.54, 1.807) is 0 Å². The van der Waals surface area contributed by atoms with Crippen LogP contribution in [-0.2, 0) is 11.2 Å². The van der Waals surface area contributed by atoms with Gasteiger partial charge in [0.05, 0.1) is 6.04 Å². The quantitative estimate of drug-likeness (QED) is 0.896. The predicted molar refractivity (Wildman–Crippen MR) is 76.8 cm³/mol. The van der Waals surface area contributed by atoms with Crippen LogP contribution in [0.5, 0.6) is 0 Å². The summed E-state index contributed by atoms with van der Waals surface area (Å²) in [5.74, 6) is 0.435. The lowest BCUT2D eigenvalue weighted by Gasteiger charge is -2.09. The number of hydrogen-bond acceptors (Lipinski definition) is 4. The highest BCUT2D eigenvalue weighted by Crippen LogP contribution is 2.18. The number of aromatic nitrogens is 1. The molecule has 1 fully saturated rings. The topological polar surface area (TPSA) is 67.2 Å². The molecule has 1 saturated heterocycles. The highest BCUT2D eigenvalue weighted by molar-refractivity contribution is 5.82. The molecule has 1 aliphatic rings. The fourth-order valence-corrected chi connectivity index (χ4v) is 2.55. The average molecular weight is 291 g/mol. The van der Waals surface area contributed by atoms with Crippen LogP contribution in [-0.4, -0.2) is 36.2 Å². The highest BCUT2D eigenvalue weighted by atomic mass is 19.1. The Morgan fingerprint density at radius 3 is 3.14 bits per heavy atom. The van der Waals surface area contributed by atoms with E-state index in [-0.39, 0.29) is 18.9 Å². The van der Waals surface area contributed by atoms with Gasteiger partial charge in [0.2, 0.25) is 5.91 Å². The van der Waals surface area contributed by atoms with Gasteiger partial charge in [0, 0.05) is 25.9 Å². The number of amides is 1. The number of nitrogens with zero attached hydrogens (tertiary/aromatic N) is 1. The van der Waals surface area contributed by atoms with Crippen molar-refractivity contribution in [1.82, 2.24) is 15.6 Å². The van der Waals surface area contributed by atoms with Crippen LogP contribution in [0.2, 0.25) is 0 Å². The van der Waals surface area contributed by atoms with Gasteiger partial charge >= 0.3 is 0 Å². The summed E-state index contributed by atoms with van der Waals surface area (Å²) in [6.45, 7) is 2.66. The number of hydrogen-bond donors (Lipinski definition) is 2. The van der Waals surface area contributed by atoms with Gasteiger partial charge in [-0.05, 0) is 18.6 Å². The summed E-state index contributed by atoms with van der Waals surface area (Å²) in [4.78, 5) is 16.2. The normalized spacial score (nSPS) is 21.8. The lowest BCUT2D eigenvalue weighted by molar-refractivity contribution is -0.122. The highest BCUT2D eigenvalue weighted by Gasteiger charge is 2.28. The van der Waals surface area contributed by atoms with Crippen molar-refractivity contribution in [3.8, 4) is 0 Å². The number of alkyl halides is 1. The molecule has 3 rings (SSSR count). The monoisotopic (exact) mass is 291 g/mol. The summed E-state index contributed by atoms with van der Waals surface area (Å²) in [5.41, 5.74) is 2.68. The maximum Gasteiger partial charge on any atom is 0.237 e. The lowest BCUT2D eigenvalue weighted by atomic mass is 10.2. The molecule has 2 heterocycles. The van der Waals surface area contributed by atoms with E-state index in [9.17, 15) is 9.18 Å². The first-order chi connectivity index (χ1) is 10.1. The first-order valence-corrected chi connectivity index (χ1v) is 7.13. The van der Waals surface area contributed by atoms with Gasteiger partial charge in [0.15, 0.2) is 11.5 Å². The van der Waals surface area contributed by atoms with Crippen LogP contribution in [0.1, 0.15) is 17.9 Å². The molecule has 0 unspecified atom stereocenters. The number of halogens is 1. The Hall–Kier alpha value is -1.95. The summed E-state index contributed by atoms with van der Waals surface area (Å²) < 4.78 is 18.6. The van der Waals surface area contributed by atoms with Crippen molar-refractivity contribution in [1.29, 1.82) is 0 Å². The Morgan fingerprint density at radius 1 is 1.57 bits per heavy atom. The molecule has 0 radical (unpaired) electrons. The van der Waals surface area contributed by atoms with Gasteiger partial charge in [-0.2, -0.15) is 0 Å². The molecule has 1 aromatic heterocycles. The van der Waals surface area contributed by atoms with Crippen LogP contribution in [0.4, 0.5) is 4.39 Å². The number of carbonyl (C=O) groups excluding carboxylic acids is 1. The number of benzene rings is 1. The maximum atomic E-state index is 13.0. The molecular weight excluding hydrogens is 273 g/mol. The van der Waals surface area contributed by atoms with Gasteiger partial charge in [0.25, 0.3) is 0 Å². The molecule has 112 valence electrons. The minimum Gasteiger partial charge on any atom is -0.441 e. The molecule has 0 aliphatic carbocycles. The molecular formula is C15H18FN3O2. The molecule has 1 aliphatic heterocycles. The van der Waals surface area contributed by atoms with Gasteiger partial charge < -0.3 is 15.1 Å². The van der Waals surface area contributed by atoms with Crippen molar-refractivity contribution in [2.24, 2.45) is 0 Å². The van der Waals surface area contributed by atoms with Crippen molar-refractivity contribution >= 4 is 17.0 Å². The van der Waals surface area contributed by atoms with Crippen molar-refractivity contribution in [2.75, 3.05) is 13.1 Å².